The van der Waals surface area contributed by atoms with Gasteiger partial charge in [0.25, 0.3) is 0 Å². The second kappa shape index (κ2) is 7.97. The van der Waals surface area contributed by atoms with Crippen molar-refractivity contribution < 1.29 is 9.90 Å². The molecule has 1 amide bonds. The number of likely N-dealkylation sites (tertiary alicyclic amines) is 1. The summed E-state index contributed by atoms with van der Waals surface area (Å²) in [7, 11) is 0. The molecule has 1 N–H and O–H groups in total. The molecule has 26 heavy (non-hydrogen) atoms. The van der Waals surface area contributed by atoms with Crippen molar-refractivity contribution >= 4 is 23.6 Å². The topological polar surface area (TPSA) is 84.1 Å². The van der Waals surface area contributed by atoms with E-state index in [1.807, 2.05) is 19.1 Å². The van der Waals surface area contributed by atoms with Gasteiger partial charge in [-0.1, -0.05) is 17.7 Å². The predicted octanol–water partition coefficient (Wildman–Crippen LogP) is 2.07. The number of aliphatic hydroxyl groups excluding tert-OH is 1. The number of amides is 1. The van der Waals surface area contributed by atoms with Crippen LogP contribution in [0.25, 0.3) is 6.08 Å². The Morgan fingerprint density at radius 2 is 2.27 bits per heavy atom. The number of aliphatic hydroxyl groups is 1. The first-order valence-corrected chi connectivity index (χ1v) is 9.00. The summed E-state index contributed by atoms with van der Waals surface area (Å²) in [6.07, 6.45) is 4.27. The number of nitrogens with zero attached hydrogens (tertiary/aromatic N) is 5. The molecule has 1 fully saturated rings. The molecule has 0 aliphatic carbocycles. The number of carbonyl (C=O) groups is 1. The van der Waals surface area contributed by atoms with Crippen LogP contribution in [0.3, 0.4) is 0 Å². The molecule has 2 aromatic rings. The minimum atomic E-state index is -0.320. The van der Waals surface area contributed by atoms with Crippen molar-refractivity contribution in [2.45, 2.75) is 45.4 Å². The van der Waals surface area contributed by atoms with Crippen LogP contribution >= 0.6 is 11.6 Å². The second-order valence-corrected chi connectivity index (χ2v) is 7.04. The lowest BCUT2D eigenvalue weighted by molar-refractivity contribution is -0.130. The van der Waals surface area contributed by atoms with Gasteiger partial charge in [0.15, 0.2) is 5.82 Å². The predicted molar refractivity (Wildman–Crippen MR) is 98.6 cm³/mol. The zero-order valence-corrected chi connectivity index (χ0v) is 15.6. The van der Waals surface area contributed by atoms with E-state index in [4.69, 9.17) is 11.6 Å². The SMILES string of the molecule is Cc1nnn(Cc2cc(Cl)ccc2/C=C/C(=O)N2CCC(O)CC2C)n1. The number of carbonyl (C=O) groups excluding carboxylic acids is 1. The smallest absolute Gasteiger partial charge is 0.246 e. The van der Waals surface area contributed by atoms with Crippen LogP contribution in [-0.4, -0.2) is 54.8 Å². The lowest BCUT2D eigenvalue weighted by atomic mass is 10.0. The molecule has 1 aliphatic heterocycles. The summed E-state index contributed by atoms with van der Waals surface area (Å²) < 4.78 is 0. The fourth-order valence-corrected chi connectivity index (χ4v) is 3.34. The minimum absolute atomic E-state index is 0.0305. The average Bonchev–Trinajstić information content (AvgIpc) is 2.99. The molecule has 7 nitrogen and oxygen atoms in total. The molecule has 1 aromatic heterocycles. The van der Waals surface area contributed by atoms with Crippen molar-refractivity contribution in [3.63, 3.8) is 0 Å². The molecule has 8 heteroatoms. The second-order valence-electron chi connectivity index (χ2n) is 6.60. The Morgan fingerprint density at radius 1 is 1.46 bits per heavy atom. The van der Waals surface area contributed by atoms with Gasteiger partial charge in [0.2, 0.25) is 5.91 Å². The number of tetrazole rings is 1. The van der Waals surface area contributed by atoms with Gasteiger partial charge in [-0.05, 0) is 61.2 Å². The molecule has 2 unspecified atom stereocenters. The van der Waals surface area contributed by atoms with Gasteiger partial charge in [-0.15, -0.1) is 10.2 Å². The van der Waals surface area contributed by atoms with Crippen LogP contribution in [0.15, 0.2) is 24.3 Å². The van der Waals surface area contributed by atoms with E-state index in [-0.39, 0.29) is 18.1 Å². The maximum Gasteiger partial charge on any atom is 0.246 e. The lowest BCUT2D eigenvalue weighted by Crippen LogP contribution is -2.45. The highest BCUT2D eigenvalue weighted by Crippen LogP contribution is 2.20. The van der Waals surface area contributed by atoms with Crippen LogP contribution in [0, 0.1) is 6.92 Å². The van der Waals surface area contributed by atoms with Gasteiger partial charge >= 0.3 is 0 Å². The van der Waals surface area contributed by atoms with Gasteiger partial charge in [0, 0.05) is 23.7 Å². The third-order valence-electron chi connectivity index (χ3n) is 4.51. The zero-order valence-electron chi connectivity index (χ0n) is 14.8. The summed E-state index contributed by atoms with van der Waals surface area (Å²) in [5, 5.41) is 22.3. The van der Waals surface area contributed by atoms with Crippen LogP contribution in [-0.2, 0) is 11.3 Å². The molecule has 1 aliphatic rings. The van der Waals surface area contributed by atoms with Crippen molar-refractivity contribution in [1.82, 2.24) is 25.1 Å². The highest BCUT2D eigenvalue weighted by atomic mass is 35.5. The third kappa shape index (κ3) is 4.47. The number of rotatable bonds is 4. The van der Waals surface area contributed by atoms with E-state index in [0.29, 0.717) is 36.8 Å². The molecule has 1 saturated heterocycles. The highest BCUT2D eigenvalue weighted by Gasteiger charge is 2.26. The van der Waals surface area contributed by atoms with Crippen molar-refractivity contribution in [2.24, 2.45) is 0 Å². The highest BCUT2D eigenvalue weighted by molar-refractivity contribution is 6.30. The van der Waals surface area contributed by atoms with Gasteiger partial charge in [0.1, 0.15) is 0 Å². The lowest BCUT2D eigenvalue weighted by Gasteiger charge is -2.35. The molecule has 0 spiro atoms. The van der Waals surface area contributed by atoms with Crippen LogP contribution in [0.2, 0.25) is 5.02 Å². The van der Waals surface area contributed by atoms with Crippen LogP contribution in [0.1, 0.15) is 36.7 Å². The monoisotopic (exact) mass is 375 g/mol. The number of aryl methyl sites for hydroxylation is 1. The van der Waals surface area contributed by atoms with Crippen molar-refractivity contribution in [2.75, 3.05) is 6.54 Å². The van der Waals surface area contributed by atoms with E-state index in [1.165, 1.54) is 4.80 Å². The maximum absolute atomic E-state index is 12.5. The molecule has 2 atom stereocenters. The van der Waals surface area contributed by atoms with Crippen molar-refractivity contribution in [3.05, 3.63) is 46.2 Å². The first-order chi connectivity index (χ1) is 12.4. The van der Waals surface area contributed by atoms with Gasteiger partial charge < -0.3 is 10.0 Å². The van der Waals surface area contributed by atoms with Gasteiger partial charge in [-0.2, -0.15) is 4.80 Å². The van der Waals surface area contributed by atoms with E-state index >= 15 is 0 Å². The van der Waals surface area contributed by atoms with Crippen LogP contribution in [0.4, 0.5) is 0 Å². The number of benzene rings is 1. The Labute approximate surface area is 157 Å². The number of hydrogen-bond acceptors (Lipinski definition) is 5. The average molecular weight is 376 g/mol. The molecule has 0 bridgehead atoms. The fraction of sp³-hybridized carbons (Fsp3) is 0.444. The molecule has 3 rings (SSSR count). The van der Waals surface area contributed by atoms with Crippen LogP contribution in [0.5, 0.6) is 0 Å². The number of piperidine rings is 1. The quantitative estimate of drug-likeness (QED) is 0.827. The van der Waals surface area contributed by atoms with Crippen molar-refractivity contribution in [3.8, 4) is 0 Å². The van der Waals surface area contributed by atoms with Crippen molar-refractivity contribution in [1.29, 1.82) is 0 Å². The number of hydrogen-bond donors (Lipinski definition) is 1. The summed E-state index contributed by atoms with van der Waals surface area (Å²) in [5.74, 6) is 0.542. The summed E-state index contributed by atoms with van der Waals surface area (Å²) in [4.78, 5) is 15.8. The Bertz CT molecular complexity index is 820. The van der Waals surface area contributed by atoms with Gasteiger partial charge in [-0.3, -0.25) is 4.79 Å². The number of aromatic nitrogens is 4. The van der Waals surface area contributed by atoms with E-state index in [1.54, 1.807) is 30.0 Å². The van der Waals surface area contributed by atoms with E-state index in [2.05, 4.69) is 15.4 Å². The first kappa shape index (κ1) is 18.5. The molecule has 2 heterocycles. The van der Waals surface area contributed by atoms with E-state index in [0.717, 1.165) is 11.1 Å². The summed E-state index contributed by atoms with van der Waals surface area (Å²) in [6, 6.07) is 5.52. The standard InChI is InChI=1S/C18H22ClN5O2/c1-12-9-17(25)7-8-23(12)18(26)6-4-14-3-5-16(19)10-15(14)11-24-21-13(2)20-22-24/h3-6,10,12,17,25H,7-9,11H2,1-2H3/b6-4+. The molecular formula is C18H22ClN5O2. The summed E-state index contributed by atoms with van der Waals surface area (Å²) in [6.45, 7) is 4.72. The first-order valence-electron chi connectivity index (χ1n) is 8.62. The molecule has 138 valence electrons. The molecule has 0 saturated carbocycles. The van der Waals surface area contributed by atoms with Gasteiger partial charge in [0.05, 0.1) is 12.6 Å². The van der Waals surface area contributed by atoms with Gasteiger partial charge in [-0.25, -0.2) is 0 Å². The van der Waals surface area contributed by atoms with E-state index in [9.17, 15) is 9.90 Å². The third-order valence-corrected chi connectivity index (χ3v) is 4.74. The number of halogens is 1. The normalized spacial score (nSPS) is 20.7. The minimum Gasteiger partial charge on any atom is -0.393 e. The summed E-state index contributed by atoms with van der Waals surface area (Å²) in [5.41, 5.74) is 1.78. The summed E-state index contributed by atoms with van der Waals surface area (Å²) >= 11 is 6.12. The molecule has 0 radical (unpaired) electrons. The Morgan fingerprint density at radius 3 is 2.96 bits per heavy atom. The fourth-order valence-electron chi connectivity index (χ4n) is 3.15. The zero-order chi connectivity index (χ0) is 18.7. The van der Waals surface area contributed by atoms with Crippen LogP contribution < -0.4 is 0 Å². The largest absolute Gasteiger partial charge is 0.393 e. The van der Waals surface area contributed by atoms with E-state index < -0.39 is 0 Å². The molecular weight excluding hydrogens is 354 g/mol. The Kier molecular flexibility index (Phi) is 5.68. The molecule has 1 aromatic carbocycles. The Balaban J connectivity index is 1.76. The maximum atomic E-state index is 12.5. The Hall–Kier alpha value is -2.25.